The molecular weight excluding hydrogens is 1660 g/mol. The molecule has 126 heavy (non-hydrogen) atoms. The van der Waals surface area contributed by atoms with Gasteiger partial charge in [-0.2, -0.15) is 0 Å². The van der Waals surface area contributed by atoms with Crippen LogP contribution in [0, 0.1) is 0 Å². The molecule has 0 spiro atoms. The second kappa shape index (κ2) is 59.9. The minimum Gasteiger partial charge on any atom is -0.477 e. The molecule has 12 unspecified atom stereocenters. The summed E-state index contributed by atoms with van der Waals surface area (Å²) in [6.45, 7) is -0.476. The number of hydrogen-bond acceptors (Lipinski definition) is 35. The van der Waals surface area contributed by atoms with E-state index in [9.17, 15) is 121 Å². The van der Waals surface area contributed by atoms with Crippen molar-refractivity contribution in [3.63, 3.8) is 0 Å². The summed E-state index contributed by atoms with van der Waals surface area (Å²) in [6.07, 6.45) is -15.3. The Labute approximate surface area is 740 Å². The highest BCUT2D eigenvalue weighted by atomic mass is 16.8. The Bertz CT molecular complexity index is 2980. The van der Waals surface area contributed by atoms with Gasteiger partial charge in [0.15, 0.2) is 31.5 Å². The molecule has 0 aliphatic carbocycles. The van der Waals surface area contributed by atoms with Crippen LogP contribution in [0.1, 0.15) is 265 Å². The number of carboxylic acids is 1. The summed E-state index contributed by atoms with van der Waals surface area (Å²) < 4.78 is 71.0. The van der Waals surface area contributed by atoms with Gasteiger partial charge in [0.1, 0.15) is 140 Å². The molecule has 0 bridgehead atoms. The van der Waals surface area contributed by atoms with E-state index in [1.807, 2.05) is 6.08 Å². The normalized spacial score (nSPS) is 34.9. The average molecular weight is 1820 g/mol. The molecule has 6 aliphatic rings. The standard InChI is InChI=1S/C87H157N3O36/c1-5-7-9-11-13-15-17-19-20-21-22-23-24-25-26-27-28-30-32-34-36-38-40-42-62(101)90-53(54(98)41-39-37-35-33-31-29-18-16-14-12-10-8-6-2)49-115-82-73(110)71(108)77(60(48-95)120-82)123-84-74(111)79(124-83-72(109)70(107)66(103)57(45-92)117-83)68(105)61(121-84)50-116-81-64(89-52(4)97)69(106)76(59(47-94)119-81)122-85-75(112)80(67(104)58(46-93)118-85)126-87(86(113)114)43-55(99)63(88-51(3)96)78(125-87)65(102)56(100)44-91/h39,41,53-61,63-85,91-95,98-100,102-112H,5-38,40,42-50H2,1-4H3,(H,88,96)(H,89,97)(H,90,101)(H,113,114)/b41-39+/t53-,54+,55?,56+,57?,58?,59?,60?,61?,63+,64?,65+,66-,67-,68-,69+,70-,71+,72?,73?,74?,75?,76+,77+,78?,79-,80-,81+,82+,83+,84-,85-,87-/m0/s1. The van der Waals surface area contributed by atoms with E-state index in [1.165, 1.54) is 154 Å². The van der Waals surface area contributed by atoms with E-state index in [0.717, 1.165) is 71.6 Å². The second-order valence-electron chi connectivity index (χ2n) is 35.0. The van der Waals surface area contributed by atoms with Crippen molar-refractivity contribution in [2.24, 2.45) is 0 Å². The first-order valence-corrected chi connectivity index (χ1v) is 46.6. The molecule has 736 valence electrons. The number of allylic oxidation sites excluding steroid dienone is 1. The van der Waals surface area contributed by atoms with Gasteiger partial charge in [-0.05, 0) is 19.3 Å². The van der Waals surface area contributed by atoms with Crippen molar-refractivity contribution in [1.29, 1.82) is 0 Å². The highest BCUT2D eigenvalue weighted by molar-refractivity contribution is 5.77. The summed E-state index contributed by atoms with van der Waals surface area (Å²) >= 11 is 0. The van der Waals surface area contributed by atoms with Crippen LogP contribution in [0.2, 0.25) is 0 Å². The molecule has 6 rings (SSSR count). The first-order chi connectivity index (χ1) is 60.5. The molecule has 39 nitrogen and oxygen atoms in total. The number of aliphatic hydroxyl groups is 19. The zero-order valence-electron chi connectivity index (χ0n) is 74.2. The molecule has 6 heterocycles. The van der Waals surface area contributed by atoms with Gasteiger partial charge >= 0.3 is 5.97 Å². The Hall–Kier alpha value is -3.62. The van der Waals surface area contributed by atoms with Crippen LogP contribution in [0.3, 0.4) is 0 Å². The molecule has 23 N–H and O–H groups in total. The number of unbranched alkanes of at least 4 members (excludes halogenated alkanes) is 33. The van der Waals surface area contributed by atoms with Crippen LogP contribution < -0.4 is 16.0 Å². The van der Waals surface area contributed by atoms with E-state index in [1.54, 1.807) is 6.08 Å². The third-order valence-electron chi connectivity index (χ3n) is 24.7. The van der Waals surface area contributed by atoms with Crippen LogP contribution in [0.25, 0.3) is 0 Å². The Balaban J connectivity index is 1.12. The molecule has 39 heteroatoms. The van der Waals surface area contributed by atoms with Gasteiger partial charge in [-0.3, -0.25) is 14.4 Å². The van der Waals surface area contributed by atoms with Crippen molar-refractivity contribution in [3.05, 3.63) is 12.2 Å². The van der Waals surface area contributed by atoms with Gasteiger partial charge in [-0.1, -0.05) is 231 Å². The third kappa shape index (κ3) is 35.0. The summed E-state index contributed by atoms with van der Waals surface area (Å²) in [6, 6.07) is -4.66. The van der Waals surface area contributed by atoms with E-state index >= 15 is 0 Å². The van der Waals surface area contributed by atoms with Gasteiger partial charge < -0.3 is 175 Å². The Morgan fingerprint density at radius 3 is 1.29 bits per heavy atom. The van der Waals surface area contributed by atoms with Crippen LogP contribution in [-0.2, 0) is 76.0 Å². The number of carbonyl (C=O) groups is 4. The first-order valence-electron chi connectivity index (χ1n) is 46.6. The van der Waals surface area contributed by atoms with Crippen LogP contribution >= 0.6 is 0 Å². The number of carbonyl (C=O) groups excluding carboxylic acids is 3. The second-order valence-corrected chi connectivity index (χ2v) is 35.0. The monoisotopic (exact) mass is 1820 g/mol. The minimum absolute atomic E-state index is 0.141. The van der Waals surface area contributed by atoms with Crippen molar-refractivity contribution in [3.8, 4) is 0 Å². The molecule has 6 aliphatic heterocycles. The SMILES string of the molecule is CCCCCCCCCCCCC/C=C/[C@@H](O)[C@H](CO[C@@H]1OC(CO)[C@@H](O[C@@H]2OC(CO[C@@H]3OC(CO)[C@@H](O[C@@H]4OC(CO)[C@H](O)[C@H](O[C@]5(C(=O)O)CC(O)[C@@H](NC(C)=O)C([C@H](O)[C@H](O)CO)O5)C4O)[C@H](O)C3NC(C)=O)[C@H](O)[C@H](O[C@H]3OC(CO)[C@H](O)[C@H](O)C3O)C2O)[C@H](O)C1O)NC(=O)CCCCCCCCCCCCCCCCCCCCCCCCC. The maximum Gasteiger partial charge on any atom is 0.364 e. The summed E-state index contributed by atoms with van der Waals surface area (Å²) in [4.78, 5) is 52.1. The maximum atomic E-state index is 13.7. The molecule has 6 saturated heterocycles. The fourth-order valence-electron chi connectivity index (χ4n) is 17.1. The van der Waals surface area contributed by atoms with Crippen LogP contribution in [0.4, 0.5) is 0 Å². The predicted octanol–water partition coefficient (Wildman–Crippen LogP) is -0.0974. The van der Waals surface area contributed by atoms with Crippen LogP contribution in [0.15, 0.2) is 12.2 Å². The number of hydrogen-bond donors (Lipinski definition) is 23. The summed E-state index contributed by atoms with van der Waals surface area (Å²) in [5.41, 5.74) is 0. The molecule has 0 aromatic carbocycles. The first kappa shape index (κ1) is 111. The number of carboxylic acid groups (broad SMARTS) is 1. The quantitative estimate of drug-likeness (QED) is 0.0279. The summed E-state index contributed by atoms with van der Waals surface area (Å²) in [5, 5.41) is 231. The van der Waals surface area contributed by atoms with Gasteiger partial charge in [-0.15, -0.1) is 0 Å². The van der Waals surface area contributed by atoms with E-state index in [4.69, 9.17) is 56.8 Å². The van der Waals surface area contributed by atoms with Gasteiger partial charge in [-0.25, -0.2) is 4.79 Å². The summed E-state index contributed by atoms with van der Waals surface area (Å²) in [5.74, 6) is -7.41. The molecule has 0 radical (unpaired) electrons. The van der Waals surface area contributed by atoms with Crippen LogP contribution in [0.5, 0.6) is 0 Å². The van der Waals surface area contributed by atoms with E-state index in [-0.39, 0.29) is 12.3 Å². The van der Waals surface area contributed by atoms with E-state index < -0.39 is 272 Å². The van der Waals surface area contributed by atoms with Gasteiger partial charge in [0.05, 0.1) is 70.5 Å². The Morgan fingerprint density at radius 2 is 0.817 bits per heavy atom. The zero-order chi connectivity index (χ0) is 92.4. The largest absolute Gasteiger partial charge is 0.477 e. The van der Waals surface area contributed by atoms with Crippen LogP contribution in [-0.4, -0.2) is 374 Å². The van der Waals surface area contributed by atoms with Crippen molar-refractivity contribution in [1.82, 2.24) is 16.0 Å². The predicted molar refractivity (Wildman–Crippen MR) is 448 cm³/mol. The maximum absolute atomic E-state index is 13.7. The summed E-state index contributed by atoms with van der Waals surface area (Å²) in [7, 11) is 0. The Morgan fingerprint density at radius 1 is 0.421 bits per heavy atom. The number of aliphatic hydroxyl groups excluding tert-OH is 19. The smallest absolute Gasteiger partial charge is 0.364 e. The average Bonchev–Trinajstić information content (AvgIpc) is 0.753. The van der Waals surface area contributed by atoms with Gasteiger partial charge in [0.25, 0.3) is 5.79 Å². The molecule has 33 atom stereocenters. The van der Waals surface area contributed by atoms with E-state index in [2.05, 4.69) is 29.8 Å². The lowest BCUT2D eigenvalue weighted by Crippen LogP contribution is -2.71. The molecule has 6 fully saturated rings. The topological polar surface area (TPSA) is 620 Å². The van der Waals surface area contributed by atoms with Crippen molar-refractivity contribution in [2.45, 2.75) is 467 Å². The van der Waals surface area contributed by atoms with Gasteiger partial charge in [0.2, 0.25) is 17.7 Å². The van der Waals surface area contributed by atoms with E-state index in [0.29, 0.717) is 12.8 Å². The molecule has 3 amide bonds. The number of rotatable bonds is 63. The lowest BCUT2D eigenvalue weighted by atomic mass is 9.88. The lowest BCUT2D eigenvalue weighted by molar-refractivity contribution is -0.388. The van der Waals surface area contributed by atoms with Crippen molar-refractivity contribution in [2.75, 3.05) is 46.2 Å². The fourth-order valence-corrected chi connectivity index (χ4v) is 17.1. The van der Waals surface area contributed by atoms with Crippen molar-refractivity contribution >= 4 is 23.7 Å². The fraction of sp³-hybridized carbons (Fsp3) is 0.931. The zero-order valence-corrected chi connectivity index (χ0v) is 74.2. The highest BCUT2D eigenvalue weighted by Crippen LogP contribution is 2.41. The van der Waals surface area contributed by atoms with Gasteiger partial charge in [0, 0.05) is 26.7 Å². The molecular formula is C87H157N3O36. The molecule has 0 aromatic rings. The number of ether oxygens (including phenoxy) is 12. The number of aliphatic carboxylic acids is 1. The Kier molecular flexibility index (Phi) is 52.8. The molecule has 0 saturated carbocycles. The van der Waals surface area contributed by atoms with Crippen molar-refractivity contribution < 1.29 is 178 Å². The molecule has 0 aromatic heterocycles. The third-order valence-corrected chi connectivity index (χ3v) is 24.7. The minimum atomic E-state index is -3.22. The lowest BCUT2D eigenvalue weighted by Gasteiger charge is -2.51. The number of nitrogens with one attached hydrogen (secondary N) is 3. The highest BCUT2D eigenvalue weighted by Gasteiger charge is 2.62. The number of amides is 3.